The lowest BCUT2D eigenvalue weighted by molar-refractivity contribution is 0.0177. The summed E-state index contributed by atoms with van der Waals surface area (Å²) in [6.45, 7) is 6.46. The number of aliphatic hydroxyl groups is 1. The number of nitrogens with one attached hydrogen (secondary N) is 1. The van der Waals surface area contributed by atoms with Gasteiger partial charge in [-0.3, -0.25) is 0 Å². The molecular formula is C18H35NO2. The molecule has 0 saturated heterocycles. The number of unbranched alkanes of at least 4 members (excludes halogenated alkanes) is 1. The van der Waals surface area contributed by atoms with Crippen molar-refractivity contribution in [2.24, 2.45) is 17.8 Å². The van der Waals surface area contributed by atoms with Gasteiger partial charge in [-0.25, -0.2) is 0 Å². The molecule has 2 aliphatic rings. The molecule has 0 aromatic rings. The first-order valence-corrected chi connectivity index (χ1v) is 9.23. The third-order valence-electron chi connectivity index (χ3n) is 5.06. The molecule has 2 unspecified atom stereocenters. The quantitative estimate of drug-likeness (QED) is 0.548. The third kappa shape index (κ3) is 6.66. The average Bonchev–Trinajstić information content (AvgIpc) is 3.36. The van der Waals surface area contributed by atoms with Gasteiger partial charge in [0, 0.05) is 19.2 Å². The van der Waals surface area contributed by atoms with Crippen LogP contribution in [0.3, 0.4) is 0 Å². The highest BCUT2D eigenvalue weighted by molar-refractivity contribution is 4.96. The summed E-state index contributed by atoms with van der Waals surface area (Å²) in [4.78, 5) is 0. The largest absolute Gasteiger partial charge is 0.389 e. The molecule has 2 aliphatic carbocycles. The molecule has 0 bridgehead atoms. The fourth-order valence-electron chi connectivity index (χ4n) is 3.23. The molecule has 2 fully saturated rings. The summed E-state index contributed by atoms with van der Waals surface area (Å²) in [5.74, 6) is 2.45. The molecule has 0 aromatic carbocycles. The Labute approximate surface area is 130 Å². The summed E-state index contributed by atoms with van der Waals surface area (Å²) in [5.41, 5.74) is 0. The van der Waals surface area contributed by atoms with Crippen LogP contribution in [0, 0.1) is 17.8 Å². The normalized spacial score (nSPS) is 21.7. The minimum atomic E-state index is -0.353. The fourth-order valence-corrected chi connectivity index (χ4v) is 3.23. The third-order valence-corrected chi connectivity index (χ3v) is 5.06. The van der Waals surface area contributed by atoms with Gasteiger partial charge in [-0.1, -0.05) is 33.1 Å². The van der Waals surface area contributed by atoms with E-state index in [1.54, 1.807) is 0 Å². The molecule has 2 N–H and O–H groups in total. The van der Waals surface area contributed by atoms with E-state index >= 15 is 0 Å². The second kappa shape index (κ2) is 9.12. The minimum absolute atomic E-state index is 0.353. The summed E-state index contributed by atoms with van der Waals surface area (Å²) in [7, 11) is 0. The Kier molecular flexibility index (Phi) is 7.48. The Hall–Kier alpha value is -0.120. The van der Waals surface area contributed by atoms with Crippen molar-refractivity contribution in [1.29, 1.82) is 0 Å². The van der Waals surface area contributed by atoms with E-state index in [0.717, 1.165) is 18.4 Å². The van der Waals surface area contributed by atoms with Crippen LogP contribution in [0.2, 0.25) is 0 Å². The van der Waals surface area contributed by atoms with E-state index in [1.165, 1.54) is 51.4 Å². The summed E-state index contributed by atoms with van der Waals surface area (Å²) in [6.07, 6.45) is 10.2. The first kappa shape index (κ1) is 17.2. The molecular weight excluding hydrogens is 262 g/mol. The maximum atomic E-state index is 10.1. The first-order chi connectivity index (χ1) is 10.2. The molecule has 0 aromatic heterocycles. The van der Waals surface area contributed by atoms with Crippen molar-refractivity contribution in [3.8, 4) is 0 Å². The molecule has 21 heavy (non-hydrogen) atoms. The van der Waals surface area contributed by atoms with Crippen molar-refractivity contribution in [2.75, 3.05) is 19.8 Å². The first-order valence-electron chi connectivity index (χ1n) is 9.23. The van der Waals surface area contributed by atoms with Crippen LogP contribution in [-0.4, -0.2) is 37.0 Å². The number of hydrogen-bond donors (Lipinski definition) is 2. The van der Waals surface area contributed by atoms with Crippen LogP contribution in [0.4, 0.5) is 0 Å². The van der Waals surface area contributed by atoms with Gasteiger partial charge in [0.2, 0.25) is 0 Å². The maximum absolute atomic E-state index is 10.1. The number of ether oxygens (including phenoxy) is 1. The summed E-state index contributed by atoms with van der Waals surface area (Å²) >= 11 is 0. The van der Waals surface area contributed by atoms with Gasteiger partial charge >= 0.3 is 0 Å². The Bertz CT molecular complexity index is 264. The van der Waals surface area contributed by atoms with Gasteiger partial charge in [0.05, 0.1) is 12.7 Å². The van der Waals surface area contributed by atoms with Crippen LogP contribution in [0.25, 0.3) is 0 Å². The molecule has 2 atom stereocenters. The lowest BCUT2D eigenvalue weighted by atomic mass is 10.0. The van der Waals surface area contributed by atoms with Gasteiger partial charge in [-0.2, -0.15) is 0 Å². The Morgan fingerprint density at radius 2 is 1.76 bits per heavy atom. The molecule has 2 rings (SSSR count). The van der Waals surface area contributed by atoms with E-state index in [-0.39, 0.29) is 6.10 Å². The predicted octanol–water partition coefficient (Wildman–Crippen LogP) is 3.36. The molecule has 0 amide bonds. The smallest absolute Gasteiger partial charge is 0.0897 e. The van der Waals surface area contributed by atoms with E-state index < -0.39 is 0 Å². The number of rotatable bonds is 13. The fraction of sp³-hybridized carbons (Fsp3) is 1.00. The van der Waals surface area contributed by atoms with Crippen LogP contribution >= 0.6 is 0 Å². The average molecular weight is 297 g/mol. The van der Waals surface area contributed by atoms with Gasteiger partial charge < -0.3 is 15.2 Å². The van der Waals surface area contributed by atoms with Gasteiger partial charge in [-0.15, -0.1) is 0 Å². The van der Waals surface area contributed by atoms with Crippen LogP contribution in [0.1, 0.15) is 65.2 Å². The highest BCUT2D eigenvalue weighted by atomic mass is 16.5. The second-order valence-corrected chi connectivity index (χ2v) is 7.22. The summed E-state index contributed by atoms with van der Waals surface area (Å²) in [6, 6.07) is 0.674. The molecule has 3 nitrogen and oxygen atoms in total. The van der Waals surface area contributed by atoms with Gasteiger partial charge in [0.25, 0.3) is 0 Å². The Morgan fingerprint density at radius 1 is 1.10 bits per heavy atom. The molecule has 0 heterocycles. The van der Waals surface area contributed by atoms with E-state index in [9.17, 15) is 5.11 Å². The zero-order chi connectivity index (χ0) is 15.1. The van der Waals surface area contributed by atoms with Gasteiger partial charge in [-0.05, 0) is 49.9 Å². The van der Waals surface area contributed by atoms with E-state index in [0.29, 0.717) is 25.1 Å². The van der Waals surface area contributed by atoms with Gasteiger partial charge in [0.15, 0.2) is 0 Å². The van der Waals surface area contributed by atoms with E-state index in [4.69, 9.17) is 4.74 Å². The highest BCUT2D eigenvalue weighted by Crippen LogP contribution is 2.44. The molecule has 0 aliphatic heterocycles. The monoisotopic (exact) mass is 297 g/mol. The highest BCUT2D eigenvalue weighted by Gasteiger charge is 2.41. The topological polar surface area (TPSA) is 41.5 Å². The summed E-state index contributed by atoms with van der Waals surface area (Å²) < 4.78 is 5.74. The predicted molar refractivity (Wildman–Crippen MR) is 87.4 cm³/mol. The zero-order valence-corrected chi connectivity index (χ0v) is 14.0. The molecule has 3 heteroatoms. The van der Waals surface area contributed by atoms with Crippen LogP contribution in [-0.2, 0) is 4.74 Å². The van der Waals surface area contributed by atoms with Crippen molar-refractivity contribution < 1.29 is 9.84 Å². The van der Waals surface area contributed by atoms with Crippen LogP contribution in [0.15, 0.2) is 0 Å². The molecule has 0 radical (unpaired) electrons. The van der Waals surface area contributed by atoms with Crippen molar-refractivity contribution in [1.82, 2.24) is 5.32 Å². The van der Waals surface area contributed by atoms with Crippen LogP contribution in [0.5, 0.6) is 0 Å². The van der Waals surface area contributed by atoms with Crippen molar-refractivity contribution in [3.05, 3.63) is 0 Å². The Morgan fingerprint density at radius 3 is 2.29 bits per heavy atom. The molecule has 124 valence electrons. The maximum Gasteiger partial charge on any atom is 0.0897 e. The number of hydrogen-bond acceptors (Lipinski definition) is 3. The van der Waals surface area contributed by atoms with Crippen molar-refractivity contribution in [3.63, 3.8) is 0 Å². The SMILES string of the molecule is CCCCC(CC)COCC(O)CNC(C1CC1)C1CC1. The standard InChI is InChI=1S/C18H35NO2/c1-3-5-6-14(4-2)12-21-13-17(20)11-19-18(15-7-8-15)16-9-10-16/h14-20H,3-13H2,1-2H3. The zero-order valence-electron chi connectivity index (χ0n) is 14.0. The van der Waals surface area contributed by atoms with Gasteiger partial charge in [0.1, 0.15) is 0 Å². The number of aliphatic hydroxyl groups excluding tert-OH is 1. The van der Waals surface area contributed by atoms with Crippen molar-refractivity contribution >= 4 is 0 Å². The molecule has 2 saturated carbocycles. The molecule has 0 spiro atoms. The Balaban J connectivity index is 1.53. The summed E-state index contributed by atoms with van der Waals surface area (Å²) in [5, 5.41) is 13.7. The van der Waals surface area contributed by atoms with E-state index in [2.05, 4.69) is 19.2 Å². The van der Waals surface area contributed by atoms with Crippen LogP contribution < -0.4 is 5.32 Å². The van der Waals surface area contributed by atoms with E-state index in [1.807, 2.05) is 0 Å². The lowest BCUT2D eigenvalue weighted by Gasteiger charge is -2.21. The minimum Gasteiger partial charge on any atom is -0.389 e. The second-order valence-electron chi connectivity index (χ2n) is 7.22. The van der Waals surface area contributed by atoms with Crippen molar-refractivity contribution in [2.45, 2.75) is 77.4 Å². The lowest BCUT2D eigenvalue weighted by Crippen LogP contribution is -2.40.